The molecule has 98 valence electrons. The number of aromatic nitrogens is 1. The van der Waals surface area contributed by atoms with E-state index in [9.17, 15) is 0 Å². The topological polar surface area (TPSA) is 40.2 Å². The first kappa shape index (κ1) is 11.9. The molecule has 2 saturated heterocycles. The average molecular weight is 246 g/mol. The maximum absolute atomic E-state index is 4.64. The number of anilines is 1. The molecule has 0 bridgehead atoms. The summed E-state index contributed by atoms with van der Waals surface area (Å²) in [7, 11) is 0. The van der Waals surface area contributed by atoms with Gasteiger partial charge in [-0.25, -0.2) is 4.98 Å². The molecule has 2 fully saturated rings. The summed E-state index contributed by atoms with van der Waals surface area (Å²) in [5.41, 5.74) is 1.34. The summed E-state index contributed by atoms with van der Waals surface area (Å²) in [6, 6.07) is 4.94. The molecule has 2 N–H and O–H groups in total. The van der Waals surface area contributed by atoms with Gasteiger partial charge in [-0.1, -0.05) is 12.5 Å². The van der Waals surface area contributed by atoms with E-state index in [0.717, 1.165) is 38.5 Å². The van der Waals surface area contributed by atoms with Crippen LogP contribution in [0.4, 0.5) is 5.82 Å². The van der Waals surface area contributed by atoms with Crippen molar-refractivity contribution in [1.82, 2.24) is 15.6 Å². The molecule has 0 saturated carbocycles. The van der Waals surface area contributed by atoms with Crippen molar-refractivity contribution in [2.75, 3.05) is 37.6 Å². The lowest BCUT2D eigenvalue weighted by atomic mass is 9.99. The maximum atomic E-state index is 4.64. The molecule has 0 radical (unpaired) electrons. The third-order valence-corrected chi connectivity index (χ3v) is 3.92. The average Bonchev–Trinajstić information content (AvgIpc) is 2.49. The Labute approximate surface area is 109 Å². The van der Waals surface area contributed by atoms with Crippen LogP contribution in [0.1, 0.15) is 30.9 Å². The highest BCUT2D eigenvalue weighted by Gasteiger charge is 2.16. The van der Waals surface area contributed by atoms with Crippen molar-refractivity contribution in [1.29, 1.82) is 0 Å². The molecule has 0 amide bonds. The Morgan fingerprint density at radius 2 is 2.00 bits per heavy atom. The standard InChI is InChI=1S/C14H22N4/c1-2-6-16-13(3-1)12-4-5-14(17-11-12)18-9-7-15-8-10-18/h4-5,11,13,15-16H,1-3,6-10H2. The number of nitrogens with one attached hydrogen (secondary N) is 2. The Balaban J connectivity index is 1.67. The van der Waals surface area contributed by atoms with Crippen molar-refractivity contribution in [3.8, 4) is 0 Å². The largest absolute Gasteiger partial charge is 0.354 e. The Morgan fingerprint density at radius 1 is 1.11 bits per heavy atom. The van der Waals surface area contributed by atoms with Crippen molar-refractivity contribution in [2.45, 2.75) is 25.3 Å². The first-order valence-corrected chi connectivity index (χ1v) is 7.08. The van der Waals surface area contributed by atoms with Crippen LogP contribution in [0.5, 0.6) is 0 Å². The van der Waals surface area contributed by atoms with Crippen molar-refractivity contribution in [3.05, 3.63) is 23.9 Å². The highest BCUT2D eigenvalue weighted by Crippen LogP contribution is 2.23. The lowest BCUT2D eigenvalue weighted by Crippen LogP contribution is -2.43. The summed E-state index contributed by atoms with van der Waals surface area (Å²) in [5.74, 6) is 1.12. The fraction of sp³-hybridized carbons (Fsp3) is 0.643. The van der Waals surface area contributed by atoms with Gasteiger partial charge < -0.3 is 15.5 Å². The van der Waals surface area contributed by atoms with Crippen molar-refractivity contribution in [2.24, 2.45) is 0 Å². The molecule has 1 atom stereocenters. The molecule has 1 aromatic rings. The Kier molecular flexibility index (Phi) is 3.76. The summed E-state index contributed by atoms with van der Waals surface area (Å²) >= 11 is 0. The first-order valence-electron chi connectivity index (χ1n) is 7.08. The van der Waals surface area contributed by atoms with Crippen LogP contribution in [0.15, 0.2) is 18.3 Å². The van der Waals surface area contributed by atoms with Gasteiger partial charge in [-0.2, -0.15) is 0 Å². The summed E-state index contributed by atoms with van der Waals surface area (Å²) in [5, 5.41) is 6.94. The van der Waals surface area contributed by atoms with Crippen molar-refractivity contribution in [3.63, 3.8) is 0 Å². The SMILES string of the molecule is c1cc(N2CCNCC2)ncc1C1CCCCN1. The normalized spacial score (nSPS) is 25.1. The molecule has 18 heavy (non-hydrogen) atoms. The second kappa shape index (κ2) is 5.67. The van der Waals surface area contributed by atoms with Gasteiger partial charge in [0.15, 0.2) is 0 Å². The number of rotatable bonds is 2. The predicted molar refractivity (Wildman–Crippen MR) is 73.9 cm³/mol. The van der Waals surface area contributed by atoms with Crippen LogP contribution in [-0.4, -0.2) is 37.7 Å². The minimum absolute atomic E-state index is 0.517. The molecule has 0 aromatic carbocycles. The van der Waals surface area contributed by atoms with E-state index in [1.165, 1.54) is 24.8 Å². The maximum Gasteiger partial charge on any atom is 0.128 e. The smallest absolute Gasteiger partial charge is 0.128 e. The zero-order valence-corrected chi connectivity index (χ0v) is 10.9. The minimum atomic E-state index is 0.517. The van der Waals surface area contributed by atoms with E-state index in [2.05, 4.69) is 38.8 Å². The second-order valence-electron chi connectivity index (χ2n) is 5.19. The van der Waals surface area contributed by atoms with Crippen LogP contribution in [0.2, 0.25) is 0 Å². The molecule has 3 heterocycles. The highest BCUT2D eigenvalue weighted by molar-refractivity contribution is 5.40. The summed E-state index contributed by atoms with van der Waals surface area (Å²) in [6.45, 7) is 5.40. The van der Waals surface area contributed by atoms with E-state index in [0.29, 0.717) is 6.04 Å². The predicted octanol–water partition coefficient (Wildman–Crippen LogP) is 1.31. The molecule has 1 unspecified atom stereocenters. The zero-order chi connectivity index (χ0) is 12.2. The third-order valence-electron chi connectivity index (χ3n) is 3.92. The minimum Gasteiger partial charge on any atom is -0.354 e. The number of nitrogens with zero attached hydrogens (tertiary/aromatic N) is 2. The summed E-state index contributed by atoms with van der Waals surface area (Å²) < 4.78 is 0. The quantitative estimate of drug-likeness (QED) is 0.825. The van der Waals surface area contributed by atoms with Gasteiger partial charge in [-0.3, -0.25) is 0 Å². The molecule has 4 nitrogen and oxygen atoms in total. The van der Waals surface area contributed by atoms with E-state index in [-0.39, 0.29) is 0 Å². The van der Waals surface area contributed by atoms with E-state index in [1.54, 1.807) is 0 Å². The van der Waals surface area contributed by atoms with E-state index < -0.39 is 0 Å². The molecule has 3 rings (SSSR count). The van der Waals surface area contributed by atoms with Gasteiger partial charge in [0.2, 0.25) is 0 Å². The number of pyridine rings is 1. The summed E-state index contributed by atoms with van der Waals surface area (Å²) in [4.78, 5) is 6.99. The molecular formula is C14H22N4. The molecule has 0 spiro atoms. The van der Waals surface area contributed by atoms with Crippen LogP contribution in [-0.2, 0) is 0 Å². The van der Waals surface area contributed by atoms with Crippen LogP contribution >= 0.6 is 0 Å². The van der Waals surface area contributed by atoms with Crippen LogP contribution in [0, 0.1) is 0 Å². The van der Waals surface area contributed by atoms with Gasteiger partial charge in [-0.05, 0) is 31.0 Å². The molecule has 2 aliphatic rings. The van der Waals surface area contributed by atoms with E-state index in [4.69, 9.17) is 0 Å². The number of piperazine rings is 1. The third kappa shape index (κ3) is 2.65. The Bertz CT molecular complexity index is 327. The van der Waals surface area contributed by atoms with Gasteiger partial charge in [0.25, 0.3) is 0 Å². The molecule has 1 aromatic heterocycles. The van der Waals surface area contributed by atoms with Crippen LogP contribution < -0.4 is 15.5 Å². The van der Waals surface area contributed by atoms with E-state index >= 15 is 0 Å². The van der Waals surface area contributed by atoms with Gasteiger partial charge in [0, 0.05) is 38.4 Å². The first-order chi connectivity index (χ1) is 8.93. The number of hydrogen-bond donors (Lipinski definition) is 2. The molecule has 0 aliphatic carbocycles. The Hall–Kier alpha value is -1.13. The second-order valence-corrected chi connectivity index (χ2v) is 5.19. The molecular weight excluding hydrogens is 224 g/mol. The monoisotopic (exact) mass is 246 g/mol. The molecule has 2 aliphatic heterocycles. The fourth-order valence-electron chi connectivity index (χ4n) is 2.82. The van der Waals surface area contributed by atoms with Gasteiger partial charge in [-0.15, -0.1) is 0 Å². The molecule has 4 heteroatoms. The van der Waals surface area contributed by atoms with Crippen LogP contribution in [0.25, 0.3) is 0 Å². The fourth-order valence-corrected chi connectivity index (χ4v) is 2.82. The van der Waals surface area contributed by atoms with E-state index in [1.807, 2.05) is 0 Å². The van der Waals surface area contributed by atoms with Crippen molar-refractivity contribution >= 4 is 5.82 Å². The summed E-state index contributed by atoms with van der Waals surface area (Å²) in [6.07, 6.45) is 5.94. The highest BCUT2D eigenvalue weighted by atomic mass is 15.2. The lowest BCUT2D eigenvalue weighted by molar-refractivity contribution is 0.411. The zero-order valence-electron chi connectivity index (χ0n) is 10.9. The lowest BCUT2D eigenvalue weighted by Gasteiger charge is -2.29. The van der Waals surface area contributed by atoms with Gasteiger partial charge in [0.05, 0.1) is 0 Å². The number of hydrogen-bond acceptors (Lipinski definition) is 4. The van der Waals surface area contributed by atoms with Crippen molar-refractivity contribution < 1.29 is 0 Å². The van der Waals surface area contributed by atoms with Gasteiger partial charge >= 0.3 is 0 Å². The van der Waals surface area contributed by atoms with Gasteiger partial charge in [0.1, 0.15) is 5.82 Å². The number of piperidine rings is 1. The van der Waals surface area contributed by atoms with Crippen LogP contribution in [0.3, 0.4) is 0 Å². The Morgan fingerprint density at radius 3 is 2.67 bits per heavy atom.